The SMILES string of the molecule is NCCn1cc(C(=O)N2CCSCC2C(=O)O)nn1. The van der Waals surface area contributed by atoms with E-state index in [2.05, 4.69) is 10.3 Å². The van der Waals surface area contributed by atoms with E-state index in [1.165, 1.54) is 27.5 Å². The molecule has 0 radical (unpaired) electrons. The summed E-state index contributed by atoms with van der Waals surface area (Å²) in [5.74, 6) is -0.254. The molecule has 104 valence electrons. The largest absolute Gasteiger partial charge is 0.480 e. The molecule has 1 atom stereocenters. The average Bonchev–Trinajstić information content (AvgIpc) is 2.87. The van der Waals surface area contributed by atoms with E-state index in [-0.39, 0.29) is 5.69 Å². The second-order valence-corrected chi connectivity index (χ2v) is 5.23. The van der Waals surface area contributed by atoms with E-state index in [9.17, 15) is 9.59 Å². The van der Waals surface area contributed by atoms with Crippen LogP contribution in [0.5, 0.6) is 0 Å². The number of carboxylic acids is 1. The fourth-order valence-electron chi connectivity index (χ4n) is 1.84. The molecule has 3 N–H and O–H groups in total. The van der Waals surface area contributed by atoms with Gasteiger partial charge in [-0.2, -0.15) is 11.8 Å². The molecule has 1 fully saturated rings. The highest BCUT2D eigenvalue weighted by molar-refractivity contribution is 7.99. The lowest BCUT2D eigenvalue weighted by atomic mass is 10.2. The van der Waals surface area contributed by atoms with Gasteiger partial charge in [-0.3, -0.25) is 9.48 Å². The topological polar surface area (TPSA) is 114 Å². The number of hydrogen-bond acceptors (Lipinski definition) is 6. The van der Waals surface area contributed by atoms with Crippen molar-refractivity contribution < 1.29 is 14.7 Å². The van der Waals surface area contributed by atoms with Gasteiger partial charge < -0.3 is 15.7 Å². The highest BCUT2D eigenvalue weighted by atomic mass is 32.2. The molecule has 2 heterocycles. The van der Waals surface area contributed by atoms with Crippen LogP contribution >= 0.6 is 11.8 Å². The van der Waals surface area contributed by atoms with Crippen molar-refractivity contribution in [3.8, 4) is 0 Å². The van der Waals surface area contributed by atoms with E-state index >= 15 is 0 Å². The number of carboxylic acid groups (broad SMARTS) is 1. The van der Waals surface area contributed by atoms with Crippen LogP contribution < -0.4 is 5.73 Å². The Bertz CT molecular complexity index is 477. The summed E-state index contributed by atoms with van der Waals surface area (Å²) in [4.78, 5) is 24.7. The highest BCUT2D eigenvalue weighted by Gasteiger charge is 2.33. The van der Waals surface area contributed by atoms with Crippen LogP contribution in [0.2, 0.25) is 0 Å². The van der Waals surface area contributed by atoms with E-state index in [0.29, 0.717) is 25.4 Å². The van der Waals surface area contributed by atoms with Gasteiger partial charge in [0, 0.05) is 24.6 Å². The Morgan fingerprint density at radius 1 is 1.58 bits per heavy atom. The lowest BCUT2D eigenvalue weighted by molar-refractivity contribution is -0.141. The smallest absolute Gasteiger partial charge is 0.327 e. The fraction of sp³-hybridized carbons (Fsp3) is 0.600. The van der Waals surface area contributed by atoms with Crippen LogP contribution in [0.1, 0.15) is 10.5 Å². The molecule has 0 aromatic carbocycles. The minimum Gasteiger partial charge on any atom is -0.480 e. The molecule has 1 unspecified atom stereocenters. The second-order valence-electron chi connectivity index (χ2n) is 4.08. The van der Waals surface area contributed by atoms with Gasteiger partial charge in [0.25, 0.3) is 5.91 Å². The summed E-state index contributed by atoms with van der Waals surface area (Å²) >= 11 is 1.53. The van der Waals surface area contributed by atoms with Crippen molar-refractivity contribution in [3.05, 3.63) is 11.9 Å². The molecule has 1 saturated heterocycles. The molecular formula is C10H15N5O3S. The monoisotopic (exact) mass is 285 g/mol. The fourth-order valence-corrected chi connectivity index (χ4v) is 2.87. The van der Waals surface area contributed by atoms with Gasteiger partial charge in [-0.25, -0.2) is 4.79 Å². The lowest BCUT2D eigenvalue weighted by Gasteiger charge is -2.31. The minimum absolute atomic E-state index is 0.159. The van der Waals surface area contributed by atoms with Crippen LogP contribution in [-0.2, 0) is 11.3 Å². The summed E-state index contributed by atoms with van der Waals surface area (Å²) in [5, 5.41) is 16.7. The van der Waals surface area contributed by atoms with Crippen LogP contribution in [0.25, 0.3) is 0 Å². The molecule has 0 spiro atoms. The molecule has 0 saturated carbocycles. The van der Waals surface area contributed by atoms with Gasteiger partial charge >= 0.3 is 5.97 Å². The summed E-state index contributed by atoms with van der Waals surface area (Å²) < 4.78 is 1.47. The summed E-state index contributed by atoms with van der Waals surface area (Å²) in [7, 11) is 0. The third kappa shape index (κ3) is 3.04. The Morgan fingerprint density at radius 2 is 2.37 bits per heavy atom. The summed E-state index contributed by atoms with van der Waals surface area (Å²) in [6.45, 7) is 1.28. The first-order valence-electron chi connectivity index (χ1n) is 5.85. The zero-order valence-electron chi connectivity index (χ0n) is 10.2. The molecule has 19 heavy (non-hydrogen) atoms. The molecule has 8 nitrogen and oxygen atoms in total. The maximum absolute atomic E-state index is 12.2. The van der Waals surface area contributed by atoms with Gasteiger partial charge in [-0.05, 0) is 0 Å². The Morgan fingerprint density at radius 3 is 3.05 bits per heavy atom. The molecule has 1 amide bonds. The van der Waals surface area contributed by atoms with E-state index in [1.807, 2.05) is 0 Å². The van der Waals surface area contributed by atoms with Gasteiger partial charge in [-0.1, -0.05) is 5.21 Å². The van der Waals surface area contributed by atoms with Crippen molar-refractivity contribution in [1.82, 2.24) is 19.9 Å². The van der Waals surface area contributed by atoms with Crippen molar-refractivity contribution in [2.75, 3.05) is 24.6 Å². The maximum atomic E-state index is 12.2. The van der Waals surface area contributed by atoms with Gasteiger partial charge in [0.2, 0.25) is 0 Å². The predicted octanol–water partition coefficient (Wildman–Crippen LogP) is -1.12. The Balaban J connectivity index is 2.14. The number of nitrogens with zero attached hydrogens (tertiary/aromatic N) is 4. The number of carbonyl (C=O) groups excluding carboxylic acids is 1. The zero-order valence-corrected chi connectivity index (χ0v) is 11.0. The maximum Gasteiger partial charge on any atom is 0.327 e. The number of aromatic nitrogens is 3. The van der Waals surface area contributed by atoms with E-state index < -0.39 is 17.9 Å². The highest BCUT2D eigenvalue weighted by Crippen LogP contribution is 2.18. The number of thioether (sulfide) groups is 1. The normalized spacial score (nSPS) is 19.4. The summed E-state index contributed by atoms with van der Waals surface area (Å²) in [5.41, 5.74) is 5.54. The third-order valence-electron chi connectivity index (χ3n) is 2.79. The number of aliphatic carboxylic acids is 1. The number of hydrogen-bond donors (Lipinski definition) is 2. The van der Waals surface area contributed by atoms with Crippen molar-refractivity contribution in [2.24, 2.45) is 5.73 Å². The number of rotatable bonds is 4. The molecule has 2 rings (SSSR count). The molecule has 9 heteroatoms. The van der Waals surface area contributed by atoms with Crippen LogP contribution in [0.15, 0.2) is 6.20 Å². The quantitative estimate of drug-likeness (QED) is 0.720. The molecule has 0 aliphatic carbocycles. The summed E-state index contributed by atoms with van der Waals surface area (Å²) in [6, 6.07) is -0.800. The standard InChI is InChI=1S/C10H15N5O3S/c11-1-2-14-5-7(12-13-14)9(16)15-3-4-19-6-8(15)10(17)18/h5,8H,1-4,6,11H2,(H,17,18). The minimum atomic E-state index is -0.991. The van der Waals surface area contributed by atoms with Crippen LogP contribution in [0.4, 0.5) is 0 Å². The van der Waals surface area contributed by atoms with Gasteiger partial charge in [0.15, 0.2) is 5.69 Å². The molecule has 1 aromatic heterocycles. The van der Waals surface area contributed by atoms with Crippen LogP contribution in [-0.4, -0.2) is 67.5 Å². The van der Waals surface area contributed by atoms with Crippen molar-refractivity contribution >= 4 is 23.6 Å². The van der Waals surface area contributed by atoms with Crippen molar-refractivity contribution in [1.29, 1.82) is 0 Å². The van der Waals surface area contributed by atoms with Crippen LogP contribution in [0, 0.1) is 0 Å². The first kappa shape index (κ1) is 13.8. The van der Waals surface area contributed by atoms with Crippen molar-refractivity contribution in [2.45, 2.75) is 12.6 Å². The van der Waals surface area contributed by atoms with Crippen LogP contribution in [0.3, 0.4) is 0 Å². The first-order chi connectivity index (χ1) is 9.13. The number of amides is 1. The van der Waals surface area contributed by atoms with Gasteiger partial charge in [0.05, 0.1) is 12.7 Å². The molecular weight excluding hydrogens is 270 g/mol. The van der Waals surface area contributed by atoms with Gasteiger partial charge in [0.1, 0.15) is 6.04 Å². The summed E-state index contributed by atoms with van der Waals surface area (Å²) in [6.07, 6.45) is 1.50. The molecule has 1 aliphatic rings. The first-order valence-corrected chi connectivity index (χ1v) is 7.00. The zero-order chi connectivity index (χ0) is 13.8. The Kier molecular flexibility index (Phi) is 4.38. The second kappa shape index (κ2) is 6.02. The van der Waals surface area contributed by atoms with Gasteiger partial charge in [-0.15, -0.1) is 5.10 Å². The molecule has 1 aromatic rings. The van der Waals surface area contributed by atoms with Crippen molar-refractivity contribution in [3.63, 3.8) is 0 Å². The molecule has 1 aliphatic heterocycles. The van der Waals surface area contributed by atoms with E-state index in [1.54, 1.807) is 0 Å². The Hall–Kier alpha value is -1.61. The Labute approximate surface area is 113 Å². The number of carbonyl (C=O) groups is 2. The predicted molar refractivity (Wildman–Crippen MR) is 68.9 cm³/mol. The average molecular weight is 285 g/mol. The number of nitrogens with two attached hydrogens (primary N) is 1. The van der Waals surface area contributed by atoms with E-state index in [0.717, 1.165) is 5.75 Å². The lowest BCUT2D eigenvalue weighted by Crippen LogP contribution is -2.50. The third-order valence-corrected chi connectivity index (χ3v) is 3.81. The molecule has 0 bridgehead atoms. The van der Waals surface area contributed by atoms with E-state index in [4.69, 9.17) is 10.8 Å².